The van der Waals surface area contributed by atoms with Gasteiger partial charge in [0.05, 0.1) is 11.4 Å². The number of piperidine rings is 1. The first-order valence-corrected chi connectivity index (χ1v) is 7.24. The predicted octanol–water partition coefficient (Wildman–Crippen LogP) is 2.85. The van der Waals surface area contributed by atoms with Gasteiger partial charge in [0.2, 0.25) is 0 Å². The highest BCUT2D eigenvalue weighted by Gasteiger charge is 2.28. The Kier molecular flexibility index (Phi) is 2.62. The molecule has 0 saturated carbocycles. The fourth-order valence-corrected chi connectivity index (χ4v) is 3.18. The van der Waals surface area contributed by atoms with Crippen molar-refractivity contribution in [2.45, 2.75) is 25.8 Å². The van der Waals surface area contributed by atoms with E-state index >= 15 is 0 Å². The van der Waals surface area contributed by atoms with E-state index in [4.69, 9.17) is 4.98 Å². The zero-order valence-corrected chi connectivity index (χ0v) is 11.6. The smallest absolute Gasteiger partial charge is 0.150 e. The van der Waals surface area contributed by atoms with Gasteiger partial charge in [-0.3, -0.25) is 4.98 Å². The highest BCUT2D eigenvalue weighted by molar-refractivity contribution is 5.74. The Morgan fingerprint density at radius 3 is 3.15 bits per heavy atom. The van der Waals surface area contributed by atoms with E-state index in [9.17, 15) is 0 Å². The number of anilines is 2. The Bertz CT molecular complexity index is 653. The SMILES string of the molecule is Cc1cncc(-c2ccc3c(n2)N[C@H]2CCCN3C2)c1. The second kappa shape index (κ2) is 4.47. The van der Waals surface area contributed by atoms with Crippen molar-refractivity contribution in [1.29, 1.82) is 0 Å². The molecule has 0 amide bonds. The van der Waals surface area contributed by atoms with Crippen molar-refractivity contribution in [2.75, 3.05) is 23.3 Å². The summed E-state index contributed by atoms with van der Waals surface area (Å²) in [5.41, 5.74) is 4.48. The van der Waals surface area contributed by atoms with Crippen molar-refractivity contribution in [2.24, 2.45) is 0 Å². The van der Waals surface area contributed by atoms with E-state index in [1.807, 2.05) is 12.4 Å². The number of aryl methyl sites for hydroxylation is 1. The molecule has 2 aromatic heterocycles. The molecule has 1 saturated heterocycles. The zero-order valence-electron chi connectivity index (χ0n) is 11.6. The van der Waals surface area contributed by atoms with E-state index in [1.165, 1.54) is 18.5 Å². The van der Waals surface area contributed by atoms with Gasteiger partial charge in [0.15, 0.2) is 5.82 Å². The minimum atomic E-state index is 0.551. The van der Waals surface area contributed by atoms with Crippen LogP contribution in [0.2, 0.25) is 0 Å². The van der Waals surface area contributed by atoms with E-state index in [1.54, 1.807) is 0 Å². The van der Waals surface area contributed by atoms with Crippen molar-refractivity contribution in [3.05, 3.63) is 36.2 Å². The number of rotatable bonds is 1. The molecule has 0 aliphatic carbocycles. The van der Waals surface area contributed by atoms with Gasteiger partial charge in [0.1, 0.15) is 0 Å². The lowest BCUT2D eigenvalue weighted by atomic mass is 10.0. The molecule has 1 N–H and O–H groups in total. The molecule has 2 bridgehead atoms. The van der Waals surface area contributed by atoms with Crippen LogP contribution in [0.1, 0.15) is 18.4 Å². The Labute approximate surface area is 118 Å². The third-order valence-corrected chi connectivity index (χ3v) is 4.15. The predicted molar refractivity (Wildman–Crippen MR) is 81.1 cm³/mol. The van der Waals surface area contributed by atoms with Crippen molar-refractivity contribution in [1.82, 2.24) is 9.97 Å². The Morgan fingerprint density at radius 1 is 1.30 bits per heavy atom. The topological polar surface area (TPSA) is 41.1 Å². The van der Waals surface area contributed by atoms with E-state index in [0.717, 1.165) is 35.7 Å². The molecule has 0 radical (unpaired) electrons. The van der Waals surface area contributed by atoms with Crippen molar-refractivity contribution < 1.29 is 0 Å². The van der Waals surface area contributed by atoms with Gasteiger partial charge < -0.3 is 10.2 Å². The van der Waals surface area contributed by atoms with Crippen molar-refractivity contribution in [3.63, 3.8) is 0 Å². The second-order valence-corrected chi connectivity index (χ2v) is 5.74. The minimum absolute atomic E-state index is 0.551. The zero-order chi connectivity index (χ0) is 13.5. The maximum absolute atomic E-state index is 4.81. The van der Waals surface area contributed by atoms with E-state index in [0.29, 0.717) is 6.04 Å². The highest BCUT2D eigenvalue weighted by atomic mass is 15.2. The first-order chi connectivity index (χ1) is 9.79. The number of pyridine rings is 2. The summed E-state index contributed by atoms with van der Waals surface area (Å²) in [4.78, 5) is 11.5. The fraction of sp³-hybridized carbons (Fsp3) is 0.375. The van der Waals surface area contributed by atoms with Crippen LogP contribution < -0.4 is 10.2 Å². The molecule has 0 aromatic carbocycles. The van der Waals surface area contributed by atoms with Gasteiger partial charge in [0.25, 0.3) is 0 Å². The average Bonchev–Trinajstić information content (AvgIpc) is 2.47. The van der Waals surface area contributed by atoms with Gasteiger partial charge in [-0.2, -0.15) is 0 Å². The van der Waals surface area contributed by atoms with Gasteiger partial charge >= 0.3 is 0 Å². The number of nitrogens with zero attached hydrogens (tertiary/aromatic N) is 3. The molecular formula is C16H18N4. The van der Waals surface area contributed by atoms with Crippen LogP contribution in [0, 0.1) is 6.92 Å². The highest BCUT2D eigenvalue weighted by Crippen LogP contribution is 2.34. The maximum Gasteiger partial charge on any atom is 0.150 e. The van der Waals surface area contributed by atoms with Gasteiger partial charge in [-0.25, -0.2) is 4.98 Å². The Hall–Kier alpha value is -2.10. The number of hydrogen-bond donors (Lipinski definition) is 1. The molecule has 2 aliphatic rings. The molecule has 102 valence electrons. The summed E-state index contributed by atoms with van der Waals surface area (Å²) >= 11 is 0. The molecule has 2 aromatic rings. The van der Waals surface area contributed by atoms with Crippen LogP contribution in [0.15, 0.2) is 30.6 Å². The summed E-state index contributed by atoms with van der Waals surface area (Å²) in [5.74, 6) is 1.03. The molecule has 20 heavy (non-hydrogen) atoms. The number of hydrogen-bond acceptors (Lipinski definition) is 4. The van der Waals surface area contributed by atoms with Gasteiger partial charge in [0, 0.05) is 37.1 Å². The maximum atomic E-state index is 4.81. The molecule has 4 heterocycles. The molecule has 0 spiro atoms. The lowest BCUT2D eigenvalue weighted by Gasteiger charge is -2.40. The third kappa shape index (κ3) is 1.92. The van der Waals surface area contributed by atoms with Crippen LogP contribution in [0.5, 0.6) is 0 Å². The summed E-state index contributed by atoms with van der Waals surface area (Å²) in [6.07, 6.45) is 6.26. The van der Waals surface area contributed by atoms with E-state index in [2.05, 4.69) is 40.3 Å². The quantitative estimate of drug-likeness (QED) is 0.861. The molecule has 4 nitrogen and oxygen atoms in total. The van der Waals surface area contributed by atoms with E-state index in [-0.39, 0.29) is 0 Å². The van der Waals surface area contributed by atoms with Crippen LogP contribution in [-0.4, -0.2) is 29.1 Å². The number of fused-ring (bicyclic) bond motifs is 4. The molecule has 1 atom stereocenters. The van der Waals surface area contributed by atoms with Gasteiger partial charge in [-0.15, -0.1) is 0 Å². The van der Waals surface area contributed by atoms with Crippen molar-refractivity contribution in [3.8, 4) is 11.3 Å². The summed E-state index contributed by atoms with van der Waals surface area (Å²) in [6, 6.07) is 6.97. The number of aromatic nitrogens is 2. The van der Waals surface area contributed by atoms with Crippen LogP contribution in [0.4, 0.5) is 11.5 Å². The fourth-order valence-electron chi connectivity index (χ4n) is 3.18. The molecule has 1 fully saturated rings. The number of nitrogens with one attached hydrogen (secondary N) is 1. The summed E-state index contributed by atoms with van der Waals surface area (Å²) < 4.78 is 0. The average molecular weight is 266 g/mol. The molecule has 4 rings (SSSR count). The molecule has 0 unspecified atom stereocenters. The summed E-state index contributed by atoms with van der Waals surface area (Å²) in [5, 5.41) is 3.58. The van der Waals surface area contributed by atoms with E-state index < -0.39 is 0 Å². The Morgan fingerprint density at radius 2 is 2.25 bits per heavy atom. The van der Waals surface area contributed by atoms with Crippen LogP contribution >= 0.6 is 0 Å². The molecule has 4 heteroatoms. The van der Waals surface area contributed by atoms with Crippen LogP contribution in [0.3, 0.4) is 0 Å². The standard InChI is InChI=1S/C16H18N4/c1-11-7-12(9-17-8-11)14-4-5-15-16(19-14)18-13-3-2-6-20(15)10-13/h4-5,7-9,13H,2-3,6,10H2,1H3,(H,18,19)/t13-/m0/s1. The van der Waals surface area contributed by atoms with Crippen molar-refractivity contribution >= 4 is 11.5 Å². The van der Waals surface area contributed by atoms with Gasteiger partial charge in [-0.05, 0) is 43.5 Å². The monoisotopic (exact) mass is 266 g/mol. The molecular weight excluding hydrogens is 248 g/mol. The third-order valence-electron chi connectivity index (χ3n) is 4.15. The first-order valence-electron chi connectivity index (χ1n) is 7.24. The normalized spacial score (nSPS) is 20.2. The summed E-state index contributed by atoms with van der Waals surface area (Å²) in [7, 11) is 0. The Balaban J connectivity index is 1.76. The van der Waals surface area contributed by atoms with Crippen LogP contribution in [0.25, 0.3) is 11.3 Å². The van der Waals surface area contributed by atoms with Crippen LogP contribution in [-0.2, 0) is 0 Å². The minimum Gasteiger partial charge on any atom is -0.366 e. The molecule has 2 aliphatic heterocycles. The lowest BCUT2D eigenvalue weighted by molar-refractivity contribution is 0.516. The first kappa shape index (κ1) is 11.7. The lowest BCUT2D eigenvalue weighted by Crippen LogP contribution is -2.46. The van der Waals surface area contributed by atoms with Gasteiger partial charge in [-0.1, -0.05) is 0 Å². The largest absolute Gasteiger partial charge is 0.366 e. The summed E-state index contributed by atoms with van der Waals surface area (Å²) in [6.45, 7) is 4.32. The second-order valence-electron chi connectivity index (χ2n) is 5.74.